The van der Waals surface area contributed by atoms with Gasteiger partial charge in [-0.2, -0.15) is 0 Å². The summed E-state index contributed by atoms with van der Waals surface area (Å²) in [7, 11) is 0. The minimum Gasteiger partial charge on any atom is -0.459 e. The molecule has 0 aromatic heterocycles. The van der Waals surface area contributed by atoms with E-state index < -0.39 is 6.29 Å². The smallest absolute Gasteiger partial charge is 0.286 e. The van der Waals surface area contributed by atoms with Crippen LogP contribution in [0.2, 0.25) is 5.02 Å². The molecular weight excluding hydrogens is 390 g/mol. The molecule has 0 spiro atoms. The summed E-state index contributed by atoms with van der Waals surface area (Å²) in [6.07, 6.45) is 3.35. The van der Waals surface area contributed by atoms with E-state index in [0.29, 0.717) is 31.0 Å². The second-order valence-corrected chi connectivity index (χ2v) is 7.38. The van der Waals surface area contributed by atoms with Crippen LogP contribution in [0.5, 0.6) is 0 Å². The number of carbonyl (C=O) groups excluding carboxylic acids is 1. The molecule has 0 saturated carbocycles. The highest BCUT2D eigenvalue weighted by molar-refractivity contribution is 6.30. The Balaban J connectivity index is 1.69. The van der Waals surface area contributed by atoms with Crippen molar-refractivity contribution in [3.05, 3.63) is 82.6 Å². The average molecular weight is 416 g/mol. The van der Waals surface area contributed by atoms with E-state index in [4.69, 9.17) is 26.2 Å². The van der Waals surface area contributed by atoms with Gasteiger partial charge in [-0.05, 0) is 42.2 Å². The van der Waals surface area contributed by atoms with Crippen LogP contribution in [0.25, 0.3) is 0 Å². The van der Waals surface area contributed by atoms with Crippen LogP contribution in [0.4, 0.5) is 0 Å². The molecule has 0 saturated heterocycles. The number of allylic oxidation sites excluding steroid dienone is 1. The fraction of sp³-hybridized carbons (Fsp3) is 0.348. The molecule has 0 unspecified atom stereocenters. The van der Waals surface area contributed by atoms with Gasteiger partial charge in [0.15, 0.2) is 5.76 Å². The van der Waals surface area contributed by atoms with Gasteiger partial charge in [-0.1, -0.05) is 54.1 Å². The van der Waals surface area contributed by atoms with Gasteiger partial charge in [-0.25, -0.2) is 0 Å². The number of ether oxygens (including phenoxy) is 2. The fourth-order valence-corrected chi connectivity index (χ4v) is 3.28. The van der Waals surface area contributed by atoms with Crippen molar-refractivity contribution >= 4 is 17.5 Å². The van der Waals surface area contributed by atoms with E-state index in [9.17, 15) is 4.79 Å². The minimum atomic E-state index is -0.517. The average Bonchev–Trinajstić information content (AvgIpc) is 2.76. The summed E-state index contributed by atoms with van der Waals surface area (Å²) >= 11 is 6.01. The highest BCUT2D eigenvalue weighted by atomic mass is 35.5. The van der Waals surface area contributed by atoms with Crippen LogP contribution in [0, 0.1) is 0 Å². The molecule has 0 fully saturated rings. The summed E-state index contributed by atoms with van der Waals surface area (Å²) in [6, 6.07) is 17.3. The van der Waals surface area contributed by atoms with Crippen LogP contribution in [0.3, 0.4) is 0 Å². The summed E-state index contributed by atoms with van der Waals surface area (Å²) in [5, 5.41) is 12.5. The Hall–Kier alpha value is -2.34. The van der Waals surface area contributed by atoms with Gasteiger partial charge in [0.2, 0.25) is 6.29 Å². The van der Waals surface area contributed by atoms with Crippen LogP contribution in [0.15, 0.2) is 66.4 Å². The van der Waals surface area contributed by atoms with E-state index in [2.05, 4.69) is 5.32 Å². The number of aliphatic hydroxyl groups is 1. The molecule has 154 valence electrons. The lowest BCUT2D eigenvalue weighted by atomic mass is 9.93. The quantitative estimate of drug-likeness (QED) is 0.603. The maximum atomic E-state index is 12.7. The number of hydrogen-bond donors (Lipinski definition) is 2. The van der Waals surface area contributed by atoms with Crippen molar-refractivity contribution in [2.24, 2.45) is 0 Å². The minimum absolute atomic E-state index is 0.0127. The Labute approximate surface area is 176 Å². The lowest BCUT2D eigenvalue weighted by molar-refractivity contribution is -0.146. The predicted octanol–water partition coefficient (Wildman–Crippen LogP) is 4.16. The normalized spacial score (nSPS) is 18.6. The summed E-state index contributed by atoms with van der Waals surface area (Å²) in [5.41, 5.74) is 2.07. The third-order valence-electron chi connectivity index (χ3n) is 4.73. The van der Waals surface area contributed by atoms with E-state index in [1.807, 2.05) is 60.7 Å². The molecule has 3 rings (SSSR count). The number of amides is 1. The molecule has 2 atom stereocenters. The van der Waals surface area contributed by atoms with Gasteiger partial charge in [0.05, 0.1) is 6.61 Å². The van der Waals surface area contributed by atoms with Crippen molar-refractivity contribution in [2.75, 3.05) is 13.2 Å². The van der Waals surface area contributed by atoms with Gasteiger partial charge < -0.3 is 19.9 Å². The standard InChI is InChI=1S/C23H26ClNO4/c24-20-10-8-18(9-11-20)19-14-21(29-22(15-19)28-13-5-4-12-26)23(27)25-16-17-6-2-1-3-7-17/h1-3,6-11,14,19,22,26H,4-5,12-13,15-16H2,(H,25,27)/t19-,22+/m0/s1. The number of unbranched alkanes of at least 4 members (excludes halogenated alkanes) is 1. The molecule has 2 aromatic rings. The molecule has 0 bridgehead atoms. The molecule has 1 amide bonds. The van der Waals surface area contributed by atoms with E-state index in [1.54, 1.807) is 0 Å². The van der Waals surface area contributed by atoms with Gasteiger partial charge in [-0.15, -0.1) is 0 Å². The van der Waals surface area contributed by atoms with E-state index in [0.717, 1.165) is 17.5 Å². The Morgan fingerprint density at radius 1 is 1.14 bits per heavy atom. The Morgan fingerprint density at radius 2 is 1.90 bits per heavy atom. The summed E-state index contributed by atoms with van der Waals surface area (Å²) in [5.74, 6) is -0.0166. The van der Waals surface area contributed by atoms with Gasteiger partial charge in [-0.3, -0.25) is 4.79 Å². The highest BCUT2D eigenvalue weighted by Crippen LogP contribution is 2.32. The number of halogens is 1. The molecule has 0 radical (unpaired) electrons. The first kappa shape index (κ1) is 21.4. The molecule has 2 aromatic carbocycles. The summed E-state index contributed by atoms with van der Waals surface area (Å²) in [4.78, 5) is 12.7. The number of carbonyl (C=O) groups is 1. The molecule has 2 N–H and O–H groups in total. The number of hydrogen-bond acceptors (Lipinski definition) is 4. The number of aliphatic hydroxyl groups excluding tert-OH is 1. The van der Waals surface area contributed by atoms with Crippen LogP contribution in [-0.2, 0) is 20.8 Å². The van der Waals surface area contributed by atoms with Gasteiger partial charge in [0, 0.05) is 30.5 Å². The summed E-state index contributed by atoms with van der Waals surface area (Å²) < 4.78 is 11.7. The molecule has 1 aliphatic heterocycles. The fourth-order valence-electron chi connectivity index (χ4n) is 3.15. The summed E-state index contributed by atoms with van der Waals surface area (Å²) in [6.45, 7) is 1.03. The maximum Gasteiger partial charge on any atom is 0.286 e. The van der Waals surface area contributed by atoms with Crippen molar-refractivity contribution in [1.29, 1.82) is 0 Å². The third kappa shape index (κ3) is 6.60. The second-order valence-electron chi connectivity index (χ2n) is 6.94. The first-order chi connectivity index (χ1) is 14.2. The first-order valence-corrected chi connectivity index (χ1v) is 10.2. The van der Waals surface area contributed by atoms with Gasteiger partial charge >= 0.3 is 0 Å². The van der Waals surface area contributed by atoms with Crippen LogP contribution >= 0.6 is 11.6 Å². The molecule has 6 heteroatoms. The highest BCUT2D eigenvalue weighted by Gasteiger charge is 2.28. The Morgan fingerprint density at radius 3 is 2.62 bits per heavy atom. The molecule has 29 heavy (non-hydrogen) atoms. The number of nitrogens with one attached hydrogen (secondary N) is 1. The lowest BCUT2D eigenvalue weighted by Gasteiger charge is -2.29. The lowest BCUT2D eigenvalue weighted by Crippen LogP contribution is -2.32. The SMILES string of the molecule is O=C(NCc1ccccc1)C1=C[C@H](c2ccc(Cl)cc2)C[C@H](OCCCCO)O1. The van der Waals surface area contributed by atoms with Crippen molar-refractivity contribution in [1.82, 2.24) is 5.32 Å². The second kappa shape index (κ2) is 11.0. The predicted molar refractivity (Wildman–Crippen MR) is 112 cm³/mol. The first-order valence-electron chi connectivity index (χ1n) is 9.84. The van der Waals surface area contributed by atoms with Crippen LogP contribution in [0.1, 0.15) is 36.3 Å². The molecule has 5 nitrogen and oxygen atoms in total. The van der Waals surface area contributed by atoms with E-state index in [-0.39, 0.29) is 24.2 Å². The van der Waals surface area contributed by atoms with Crippen LogP contribution in [-0.4, -0.2) is 30.5 Å². The Kier molecular flexibility index (Phi) is 8.11. The molecule has 1 aliphatic rings. The zero-order valence-electron chi connectivity index (χ0n) is 16.2. The van der Waals surface area contributed by atoms with Gasteiger partial charge in [0.1, 0.15) is 0 Å². The van der Waals surface area contributed by atoms with Crippen molar-refractivity contribution in [3.63, 3.8) is 0 Å². The van der Waals surface area contributed by atoms with E-state index >= 15 is 0 Å². The number of rotatable bonds is 9. The topological polar surface area (TPSA) is 67.8 Å². The molecule has 1 heterocycles. The maximum absolute atomic E-state index is 12.7. The molecule has 0 aliphatic carbocycles. The largest absolute Gasteiger partial charge is 0.459 e. The van der Waals surface area contributed by atoms with Crippen molar-refractivity contribution in [2.45, 2.75) is 38.0 Å². The van der Waals surface area contributed by atoms with E-state index in [1.165, 1.54) is 0 Å². The Bertz CT molecular complexity index is 807. The van der Waals surface area contributed by atoms with Gasteiger partial charge in [0.25, 0.3) is 5.91 Å². The molecular formula is C23H26ClNO4. The third-order valence-corrected chi connectivity index (χ3v) is 4.98. The zero-order valence-corrected chi connectivity index (χ0v) is 17.0. The monoisotopic (exact) mass is 415 g/mol. The van der Waals surface area contributed by atoms with Crippen LogP contribution < -0.4 is 5.32 Å². The number of benzene rings is 2. The zero-order chi connectivity index (χ0) is 20.5. The van der Waals surface area contributed by atoms with Crippen molar-refractivity contribution in [3.8, 4) is 0 Å². The van der Waals surface area contributed by atoms with Crippen molar-refractivity contribution < 1.29 is 19.4 Å².